The Morgan fingerprint density at radius 1 is 0.619 bits per heavy atom. The number of nitrogens with zero attached hydrogens (tertiary/aromatic N) is 1. The predicted molar refractivity (Wildman–Crippen MR) is 152 cm³/mol. The zero-order valence-electron chi connectivity index (χ0n) is 24.0. The third-order valence-corrected chi connectivity index (χ3v) is 6.67. The van der Waals surface area contributed by atoms with Crippen molar-refractivity contribution >= 4 is 33.5 Å². The lowest BCUT2D eigenvalue weighted by atomic mass is 10.0. The van der Waals surface area contributed by atoms with Gasteiger partial charge in [-0.3, -0.25) is 14.6 Å². The van der Waals surface area contributed by atoms with Gasteiger partial charge in [-0.25, -0.2) is 0 Å². The maximum Gasteiger partial charge on any atom is 0.205 e. The monoisotopic (exact) mass is 575 g/mol. The van der Waals surface area contributed by atoms with Gasteiger partial charge < -0.3 is 37.3 Å². The Morgan fingerprint density at radius 2 is 1.02 bits per heavy atom. The summed E-state index contributed by atoms with van der Waals surface area (Å²) in [6.45, 7) is 2.83. The Balaban J connectivity index is 1.45. The van der Waals surface area contributed by atoms with Crippen LogP contribution in [0.2, 0.25) is 0 Å². The summed E-state index contributed by atoms with van der Waals surface area (Å²) in [5.41, 5.74) is 2.34. The summed E-state index contributed by atoms with van der Waals surface area (Å²) in [4.78, 5) is 30.0. The van der Waals surface area contributed by atoms with Gasteiger partial charge in [-0.2, -0.15) is 0 Å². The van der Waals surface area contributed by atoms with E-state index in [-0.39, 0.29) is 58.9 Å². The molecule has 0 amide bonds. The lowest BCUT2D eigenvalue weighted by Crippen LogP contribution is -2.09. The van der Waals surface area contributed by atoms with E-state index in [0.717, 1.165) is 0 Å². The number of hydrogen-bond acceptors (Lipinski definition) is 11. The fraction of sp³-hybridized carbons (Fsp3) is 0.258. The molecule has 0 spiro atoms. The van der Waals surface area contributed by atoms with Crippen molar-refractivity contribution < 1.29 is 46.8 Å². The molecule has 0 fully saturated rings. The minimum absolute atomic E-state index is 0.00591. The highest BCUT2D eigenvalue weighted by molar-refractivity contribution is 6.09. The number of methoxy groups -OCH3 is 4. The van der Waals surface area contributed by atoms with E-state index >= 15 is 0 Å². The quantitative estimate of drug-likeness (QED) is 0.158. The van der Waals surface area contributed by atoms with E-state index in [9.17, 15) is 9.59 Å². The highest BCUT2D eigenvalue weighted by Gasteiger charge is 2.29. The van der Waals surface area contributed by atoms with Crippen LogP contribution in [0.3, 0.4) is 0 Å². The number of carbonyl (C=O) groups is 2. The van der Waals surface area contributed by atoms with Gasteiger partial charge in [0.25, 0.3) is 0 Å². The number of carbonyl (C=O) groups excluding carboxylic acids is 2. The van der Waals surface area contributed by atoms with Crippen LogP contribution in [0.15, 0.2) is 51.7 Å². The summed E-state index contributed by atoms with van der Waals surface area (Å²) in [6, 6.07) is 8.73. The minimum atomic E-state index is -0.266. The molecule has 0 radical (unpaired) electrons. The molecule has 11 nitrogen and oxygen atoms in total. The molecule has 218 valence electrons. The molecule has 0 aliphatic rings. The number of hydrogen-bond donors (Lipinski definition) is 0. The van der Waals surface area contributed by atoms with Crippen molar-refractivity contribution in [2.75, 3.05) is 28.4 Å². The van der Waals surface area contributed by atoms with Crippen LogP contribution in [0.25, 0.3) is 21.9 Å². The molecule has 2 aromatic carbocycles. The van der Waals surface area contributed by atoms with Crippen LogP contribution in [0.1, 0.15) is 46.0 Å². The first-order chi connectivity index (χ1) is 20.3. The molecule has 5 rings (SSSR count). The summed E-state index contributed by atoms with van der Waals surface area (Å²) in [6.07, 6.45) is 2.97. The van der Waals surface area contributed by atoms with Gasteiger partial charge in [-0.15, -0.1) is 0 Å². The van der Waals surface area contributed by atoms with Crippen LogP contribution in [-0.4, -0.2) is 45.0 Å². The molecular formula is C31H29NO10. The van der Waals surface area contributed by atoms with E-state index in [2.05, 4.69) is 4.98 Å². The number of pyridine rings is 1. The average molecular weight is 576 g/mol. The Bertz CT molecular complexity index is 1670. The fourth-order valence-corrected chi connectivity index (χ4v) is 4.93. The van der Waals surface area contributed by atoms with Crippen LogP contribution in [-0.2, 0) is 13.2 Å². The fourth-order valence-electron chi connectivity index (χ4n) is 4.93. The van der Waals surface area contributed by atoms with Crippen LogP contribution in [0, 0.1) is 0 Å². The molecule has 0 unspecified atom stereocenters. The lowest BCUT2D eigenvalue weighted by Gasteiger charge is -2.18. The van der Waals surface area contributed by atoms with E-state index in [1.165, 1.54) is 54.8 Å². The third kappa shape index (κ3) is 4.83. The van der Waals surface area contributed by atoms with Gasteiger partial charge in [0.1, 0.15) is 35.8 Å². The summed E-state index contributed by atoms with van der Waals surface area (Å²) in [5, 5.41) is 1.18. The first-order valence-electron chi connectivity index (χ1n) is 12.9. The number of rotatable bonds is 12. The standard InChI is InChI=1S/C31H29NO10/c1-16(33)22-24(35-3)20-10-12-39-26(20)30(37-5)28(22)41-14-18-8-7-9-19(32-18)15-42-29-23(17(2)34)25(36-4)21-11-13-40-27(21)31(29)38-6/h7-13H,14-15H2,1-6H3. The van der Waals surface area contributed by atoms with Crippen molar-refractivity contribution in [3.8, 4) is 34.5 Å². The highest BCUT2D eigenvalue weighted by atomic mass is 16.5. The molecule has 11 heteroatoms. The van der Waals surface area contributed by atoms with Crippen molar-refractivity contribution in [2.45, 2.75) is 27.1 Å². The number of benzene rings is 2. The van der Waals surface area contributed by atoms with Crippen LogP contribution in [0.4, 0.5) is 0 Å². The molecule has 3 aromatic heterocycles. The number of Topliss-reactive ketones (excluding diaryl/α,β-unsaturated/α-hetero) is 2. The molecule has 0 aliphatic carbocycles. The molecule has 0 aliphatic heterocycles. The SMILES string of the molecule is COc1c(C(C)=O)c(OCc2cccc(COc3c(C(C)=O)c(OC)c4ccoc4c3OC)n2)c(OC)c2occc12. The van der Waals surface area contributed by atoms with Crippen molar-refractivity contribution in [3.05, 3.63) is 65.4 Å². The second-order valence-corrected chi connectivity index (χ2v) is 9.18. The van der Waals surface area contributed by atoms with Crippen LogP contribution >= 0.6 is 0 Å². The maximum absolute atomic E-state index is 12.7. The predicted octanol–water partition coefficient (Wildman–Crippen LogP) is 6.17. The Hall–Kier alpha value is -5.19. The highest BCUT2D eigenvalue weighted by Crippen LogP contribution is 2.48. The van der Waals surface area contributed by atoms with Crippen molar-refractivity contribution in [2.24, 2.45) is 0 Å². The van der Waals surface area contributed by atoms with E-state index in [1.807, 2.05) is 0 Å². The second kappa shape index (κ2) is 11.7. The first-order valence-corrected chi connectivity index (χ1v) is 12.9. The summed E-state index contributed by atoms with van der Waals surface area (Å²) < 4.78 is 45.7. The number of aromatic nitrogens is 1. The number of ether oxygens (including phenoxy) is 6. The third-order valence-electron chi connectivity index (χ3n) is 6.67. The van der Waals surface area contributed by atoms with E-state index in [0.29, 0.717) is 44.8 Å². The Labute approximate surface area is 240 Å². The molecule has 0 bridgehead atoms. The molecule has 3 heterocycles. The smallest absolute Gasteiger partial charge is 0.205 e. The molecule has 5 aromatic rings. The van der Waals surface area contributed by atoms with Crippen molar-refractivity contribution in [3.63, 3.8) is 0 Å². The zero-order valence-corrected chi connectivity index (χ0v) is 24.0. The van der Waals surface area contributed by atoms with Gasteiger partial charge in [0.2, 0.25) is 11.5 Å². The molecule has 0 saturated carbocycles. The van der Waals surface area contributed by atoms with Gasteiger partial charge >= 0.3 is 0 Å². The van der Waals surface area contributed by atoms with Crippen molar-refractivity contribution in [1.29, 1.82) is 0 Å². The number of fused-ring (bicyclic) bond motifs is 2. The molecule has 42 heavy (non-hydrogen) atoms. The molecule has 0 N–H and O–H groups in total. The van der Waals surface area contributed by atoms with E-state index in [1.54, 1.807) is 30.3 Å². The van der Waals surface area contributed by atoms with E-state index < -0.39 is 0 Å². The average Bonchev–Trinajstić information content (AvgIpc) is 3.67. The second-order valence-electron chi connectivity index (χ2n) is 9.18. The lowest BCUT2D eigenvalue weighted by molar-refractivity contribution is 0.0996. The molecule has 0 atom stereocenters. The van der Waals surface area contributed by atoms with Gasteiger partial charge in [0.05, 0.1) is 63.1 Å². The normalized spacial score (nSPS) is 11.0. The topological polar surface area (TPSA) is 129 Å². The summed E-state index contributed by atoms with van der Waals surface area (Å²) in [7, 11) is 5.88. The first kappa shape index (κ1) is 28.3. The molecular weight excluding hydrogens is 546 g/mol. The number of furan rings is 2. The number of ketones is 2. The Kier molecular flexibility index (Phi) is 7.92. The van der Waals surface area contributed by atoms with Gasteiger partial charge in [0, 0.05) is 0 Å². The van der Waals surface area contributed by atoms with E-state index in [4.69, 9.17) is 37.3 Å². The zero-order chi connectivity index (χ0) is 30.0. The van der Waals surface area contributed by atoms with Gasteiger partial charge in [-0.1, -0.05) is 6.07 Å². The van der Waals surface area contributed by atoms with Gasteiger partial charge in [0.15, 0.2) is 34.2 Å². The van der Waals surface area contributed by atoms with Gasteiger partial charge in [-0.05, 0) is 38.1 Å². The largest absolute Gasteiger partial charge is 0.495 e. The molecule has 0 saturated heterocycles. The van der Waals surface area contributed by atoms with Crippen LogP contribution in [0.5, 0.6) is 34.5 Å². The summed E-state index contributed by atoms with van der Waals surface area (Å²) in [5.74, 6) is 1.03. The maximum atomic E-state index is 12.7. The minimum Gasteiger partial charge on any atom is -0.495 e. The van der Waals surface area contributed by atoms with Crippen molar-refractivity contribution in [1.82, 2.24) is 4.98 Å². The Morgan fingerprint density at radius 3 is 1.38 bits per heavy atom. The summed E-state index contributed by atoms with van der Waals surface area (Å²) >= 11 is 0. The van der Waals surface area contributed by atoms with Crippen LogP contribution < -0.4 is 28.4 Å².